The smallest absolute Gasteiger partial charge is 0.0312 e. The zero-order chi connectivity index (χ0) is 17.6. The van der Waals surface area contributed by atoms with Crippen LogP contribution in [0.1, 0.15) is 53.4 Å². The van der Waals surface area contributed by atoms with Crippen molar-refractivity contribution in [2.24, 2.45) is 5.92 Å². The second-order valence-electron chi connectivity index (χ2n) is 9.99. The van der Waals surface area contributed by atoms with Crippen molar-refractivity contribution in [2.75, 3.05) is 52.4 Å². The van der Waals surface area contributed by atoms with E-state index in [0.717, 1.165) is 18.0 Å². The Bertz CT molecular complexity index is 467. The van der Waals surface area contributed by atoms with Crippen LogP contribution in [-0.2, 0) is 0 Å². The van der Waals surface area contributed by atoms with Gasteiger partial charge in [-0.15, -0.1) is 0 Å². The summed E-state index contributed by atoms with van der Waals surface area (Å²) in [4.78, 5) is 11.1. The maximum absolute atomic E-state index is 2.82. The molecule has 4 saturated heterocycles. The second-order valence-corrected chi connectivity index (χ2v) is 9.99. The van der Waals surface area contributed by atoms with Crippen LogP contribution in [0.15, 0.2) is 0 Å². The molecule has 2 unspecified atom stereocenters. The Morgan fingerprint density at radius 3 is 2.56 bits per heavy atom. The molecular formula is C21H40N4. The summed E-state index contributed by atoms with van der Waals surface area (Å²) in [5, 5.41) is 0. The Kier molecular flexibility index (Phi) is 5.18. The molecule has 144 valence electrons. The van der Waals surface area contributed by atoms with E-state index < -0.39 is 0 Å². The highest BCUT2D eigenvalue weighted by Gasteiger charge is 2.46. The molecule has 0 aromatic rings. The van der Waals surface area contributed by atoms with E-state index in [0.29, 0.717) is 11.6 Å². The number of rotatable bonds is 4. The molecular weight excluding hydrogens is 308 g/mol. The number of piperazine rings is 2. The minimum atomic E-state index is 0.428. The lowest BCUT2D eigenvalue weighted by Crippen LogP contribution is -2.58. The second kappa shape index (κ2) is 7.10. The molecule has 0 aromatic carbocycles. The summed E-state index contributed by atoms with van der Waals surface area (Å²) in [5.74, 6) is 0.897. The summed E-state index contributed by atoms with van der Waals surface area (Å²) in [7, 11) is 0. The monoisotopic (exact) mass is 348 g/mol. The minimum absolute atomic E-state index is 0.428. The number of hydrogen-bond acceptors (Lipinski definition) is 4. The number of hydrogen-bond donors (Lipinski definition) is 0. The molecule has 0 aliphatic carbocycles. The first kappa shape index (κ1) is 18.2. The van der Waals surface area contributed by atoms with E-state index >= 15 is 0 Å². The molecule has 0 saturated carbocycles. The molecule has 25 heavy (non-hydrogen) atoms. The van der Waals surface area contributed by atoms with Gasteiger partial charge in [-0.1, -0.05) is 0 Å². The van der Waals surface area contributed by atoms with E-state index in [2.05, 4.69) is 47.3 Å². The maximum atomic E-state index is 2.82. The molecule has 0 spiro atoms. The van der Waals surface area contributed by atoms with Gasteiger partial charge in [-0.3, -0.25) is 19.6 Å². The Morgan fingerprint density at radius 1 is 0.960 bits per heavy atom. The van der Waals surface area contributed by atoms with Gasteiger partial charge in [-0.25, -0.2) is 0 Å². The van der Waals surface area contributed by atoms with Crippen LogP contribution in [0.3, 0.4) is 0 Å². The molecule has 4 heterocycles. The van der Waals surface area contributed by atoms with Gasteiger partial charge in [0.1, 0.15) is 0 Å². The molecule has 0 N–H and O–H groups in total. The summed E-state index contributed by atoms with van der Waals surface area (Å²) in [6.45, 7) is 20.2. The van der Waals surface area contributed by atoms with Crippen LogP contribution >= 0.6 is 0 Å². The molecule has 0 aromatic heterocycles. The SMILES string of the molecule is CC(C)N1CCN2CC(C[C@@H](C)N3CCN4CCC[C@H]4C3)CC2(C)C1. The van der Waals surface area contributed by atoms with Gasteiger partial charge in [-0.05, 0) is 65.8 Å². The highest BCUT2D eigenvalue weighted by atomic mass is 15.3. The van der Waals surface area contributed by atoms with Gasteiger partial charge in [0.2, 0.25) is 0 Å². The van der Waals surface area contributed by atoms with Crippen LogP contribution in [0.5, 0.6) is 0 Å². The van der Waals surface area contributed by atoms with Crippen molar-refractivity contribution >= 4 is 0 Å². The first-order valence-corrected chi connectivity index (χ1v) is 10.9. The summed E-state index contributed by atoms with van der Waals surface area (Å²) in [6, 6.07) is 2.32. The number of fused-ring (bicyclic) bond motifs is 2. The summed E-state index contributed by atoms with van der Waals surface area (Å²) in [5.41, 5.74) is 0.428. The molecule has 4 aliphatic rings. The van der Waals surface area contributed by atoms with Gasteiger partial charge < -0.3 is 0 Å². The van der Waals surface area contributed by atoms with Crippen LogP contribution in [0, 0.1) is 5.92 Å². The lowest BCUT2D eigenvalue weighted by Gasteiger charge is -2.46. The third kappa shape index (κ3) is 3.65. The van der Waals surface area contributed by atoms with Crippen LogP contribution < -0.4 is 0 Å². The average Bonchev–Trinajstić information content (AvgIpc) is 3.16. The molecule has 0 radical (unpaired) electrons. The van der Waals surface area contributed by atoms with Crippen LogP contribution in [0.4, 0.5) is 0 Å². The van der Waals surface area contributed by atoms with Crippen molar-refractivity contribution < 1.29 is 0 Å². The Hall–Kier alpha value is -0.160. The van der Waals surface area contributed by atoms with E-state index in [1.807, 2.05) is 0 Å². The highest BCUT2D eigenvalue weighted by molar-refractivity contribution is 5.02. The molecule has 4 atom stereocenters. The quantitative estimate of drug-likeness (QED) is 0.773. The Balaban J connectivity index is 1.31. The van der Waals surface area contributed by atoms with E-state index in [9.17, 15) is 0 Å². The fraction of sp³-hybridized carbons (Fsp3) is 1.00. The van der Waals surface area contributed by atoms with E-state index in [4.69, 9.17) is 0 Å². The largest absolute Gasteiger partial charge is 0.298 e. The standard InChI is InChI=1S/C21H40N4/c1-17(2)24-10-11-25-14-19(13-21(25,4)16-24)12-18(3)23-9-8-22-7-5-6-20(22)15-23/h17-20H,5-16H2,1-4H3/t18-,19?,20+,21?/m1/s1. The van der Waals surface area contributed by atoms with Crippen LogP contribution in [-0.4, -0.2) is 95.6 Å². The minimum Gasteiger partial charge on any atom is -0.298 e. The van der Waals surface area contributed by atoms with Gasteiger partial charge in [0, 0.05) is 69.5 Å². The average molecular weight is 349 g/mol. The predicted molar refractivity (Wildman–Crippen MR) is 105 cm³/mol. The molecule has 4 fully saturated rings. The van der Waals surface area contributed by atoms with Crippen molar-refractivity contribution in [1.82, 2.24) is 19.6 Å². The van der Waals surface area contributed by atoms with E-state index in [1.165, 1.54) is 78.0 Å². The molecule has 4 heteroatoms. The maximum Gasteiger partial charge on any atom is 0.0312 e. The lowest BCUT2D eigenvalue weighted by atomic mass is 9.88. The number of nitrogens with zero attached hydrogens (tertiary/aromatic N) is 4. The third-order valence-electron chi connectivity index (χ3n) is 7.82. The Morgan fingerprint density at radius 2 is 1.76 bits per heavy atom. The molecule has 0 bridgehead atoms. The molecule has 4 rings (SSSR count). The highest BCUT2D eigenvalue weighted by Crippen LogP contribution is 2.39. The van der Waals surface area contributed by atoms with Crippen molar-refractivity contribution in [1.29, 1.82) is 0 Å². The summed E-state index contributed by atoms with van der Waals surface area (Å²) >= 11 is 0. The topological polar surface area (TPSA) is 13.0 Å². The van der Waals surface area contributed by atoms with Crippen molar-refractivity contribution in [3.63, 3.8) is 0 Å². The van der Waals surface area contributed by atoms with Crippen molar-refractivity contribution in [2.45, 2.75) is 77.0 Å². The van der Waals surface area contributed by atoms with E-state index in [1.54, 1.807) is 0 Å². The van der Waals surface area contributed by atoms with Gasteiger partial charge >= 0.3 is 0 Å². The summed E-state index contributed by atoms with van der Waals surface area (Å²) < 4.78 is 0. The van der Waals surface area contributed by atoms with Gasteiger partial charge in [0.05, 0.1) is 0 Å². The van der Waals surface area contributed by atoms with Gasteiger partial charge in [-0.2, -0.15) is 0 Å². The van der Waals surface area contributed by atoms with Gasteiger partial charge in [0.25, 0.3) is 0 Å². The third-order valence-corrected chi connectivity index (χ3v) is 7.82. The summed E-state index contributed by atoms with van der Waals surface area (Å²) in [6.07, 6.45) is 5.67. The first-order valence-electron chi connectivity index (χ1n) is 10.9. The van der Waals surface area contributed by atoms with Crippen LogP contribution in [0.25, 0.3) is 0 Å². The van der Waals surface area contributed by atoms with E-state index in [-0.39, 0.29) is 0 Å². The fourth-order valence-corrected chi connectivity index (χ4v) is 6.28. The van der Waals surface area contributed by atoms with Crippen molar-refractivity contribution in [3.8, 4) is 0 Å². The predicted octanol–water partition coefficient (Wildman–Crippen LogP) is 2.35. The van der Waals surface area contributed by atoms with Gasteiger partial charge in [0.15, 0.2) is 0 Å². The van der Waals surface area contributed by atoms with Crippen molar-refractivity contribution in [3.05, 3.63) is 0 Å². The zero-order valence-corrected chi connectivity index (χ0v) is 17.1. The zero-order valence-electron chi connectivity index (χ0n) is 17.1. The van der Waals surface area contributed by atoms with Crippen LogP contribution in [0.2, 0.25) is 0 Å². The molecule has 4 aliphatic heterocycles. The lowest BCUT2D eigenvalue weighted by molar-refractivity contribution is 0.0244. The molecule has 4 nitrogen and oxygen atoms in total. The Labute approximate surface area is 155 Å². The first-order chi connectivity index (χ1) is 11.9. The molecule has 0 amide bonds. The fourth-order valence-electron chi connectivity index (χ4n) is 6.28. The normalized spacial score (nSPS) is 39.7.